The molecule has 0 unspecified atom stereocenters. The summed E-state index contributed by atoms with van der Waals surface area (Å²) in [5.74, 6) is -1.20. The summed E-state index contributed by atoms with van der Waals surface area (Å²) < 4.78 is 16.1. The summed E-state index contributed by atoms with van der Waals surface area (Å²) in [6, 6.07) is 11.1. The third-order valence-electron chi connectivity index (χ3n) is 6.59. The van der Waals surface area contributed by atoms with Crippen LogP contribution in [0.15, 0.2) is 47.3 Å². The van der Waals surface area contributed by atoms with E-state index in [1.54, 1.807) is 49.2 Å². The van der Waals surface area contributed by atoms with E-state index in [9.17, 15) is 23.6 Å². The molecule has 1 fully saturated rings. The quantitative estimate of drug-likeness (QED) is 0.430. The Bertz CT molecular complexity index is 1500. The van der Waals surface area contributed by atoms with Crippen LogP contribution in [0.2, 0.25) is 0 Å². The van der Waals surface area contributed by atoms with Crippen molar-refractivity contribution in [3.05, 3.63) is 75.3 Å². The molecule has 1 aliphatic rings. The zero-order chi connectivity index (χ0) is 27.7. The van der Waals surface area contributed by atoms with Crippen LogP contribution in [-0.4, -0.2) is 40.8 Å². The highest BCUT2D eigenvalue weighted by Gasteiger charge is 2.35. The Morgan fingerprint density at radius 3 is 2.45 bits per heavy atom. The third-order valence-corrected chi connectivity index (χ3v) is 6.59. The maximum absolute atomic E-state index is 14.9. The first-order chi connectivity index (χ1) is 18.0. The maximum atomic E-state index is 14.9. The molecule has 0 bridgehead atoms. The number of amides is 3. The van der Waals surface area contributed by atoms with Gasteiger partial charge in [-0.3, -0.25) is 28.6 Å². The highest BCUT2D eigenvalue weighted by molar-refractivity contribution is 6.09. The number of nitrogens with zero attached hydrogens (tertiary/aromatic N) is 3. The zero-order valence-corrected chi connectivity index (χ0v) is 22.0. The average Bonchev–Trinajstić information content (AvgIpc) is 3.72. The van der Waals surface area contributed by atoms with E-state index in [-0.39, 0.29) is 40.3 Å². The molecule has 3 aromatic rings. The summed E-state index contributed by atoms with van der Waals surface area (Å²) in [5, 5.41) is 5.62. The van der Waals surface area contributed by atoms with Crippen LogP contribution in [0, 0.1) is 19.7 Å². The zero-order valence-electron chi connectivity index (χ0n) is 22.0. The SMILES string of the molecule is CC(=O)Nc1cccc(N(C=O)c2c(C(=O)N(C)C3CC3)c(Nc3ccc(C)cc3F)n(C)c(=O)c2C)c1. The number of halogens is 1. The van der Waals surface area contributed by atoms with Crippen LogP contribution in [0.25, 0.3) is 0 Å². The van der Waals surface area contributed by atoms with E-state index in [0.29, 0.717) is 23.3 Å². The lowest BCUT2D eigenvalue weighted by Gasteiger charge is -2.28. The largest absolute Gasteiger partial charge is 0.339 e. The first kappa shape index (κ1) is 26.6. The van der Waals surface area contributed by atoms with Gasteiger partial charge >= 0.3 is 0 Å². The van der Waals surface area contributed by atoms with Gasteiger partial charge < -0.3 is 15.5 Å². The van der Waals surface area contributed by atoms with Crippen LogP contribution < -0.4 is 21.1 Å². The minimum atomic E-state index is -0.552. The van der Waals surface area contributed by atoms with Gasteiger partial charge in [0, 0.05) is 38.3 Å². The van der Waals surface area contributed by atoms with Crippen molar-refractivity contribution in [3.8, 4) is 0 Å². The molecule has 10 heteroatoms. The fourth-order valence-corrected chi connectivity index (χ4v) is 4.40. The average molecular weight is 520 g/mol. The number of nitrogens with one attached hydrogen (secondary N) is 2. The van der Waals surface area contributed by atoms with Gasteiger partial charge in [0.05, 0.1) is 17.1 Å². The highest BCUT2D eigenvalue weighted by Crippen LogP contribution is 2.38. The van der Waals surface area contributed by atoms with Gasteiger partial charge in [0.2, 0.25) is 12.3 Å². The second kappa shape index (κ2) is 10.5. The van der Waals surface area contributed by atoms with E-state index in [1.165, 1.54) is 42.5 Å². The lowest BCUT2D eigenvalue weighted by atomic mass is 10.1. The predicted octanol–water partition coefficient (Wildman–Crippen LogP) is 4.37. The number of aryl methyl sites for hydroxylation is 1. The van der Waals surface area contributed by atoms with Crippen LogP contribution >= 0.6 is 0 Å². The molecule has 9 nitrogen and oxygen atoms in total. The fourth-order valence-electron chi connectivity index (χ4n) is 4.40. The summed E-state index contributed by atoms with van der Waals surface area (Å²) in [6.45, 7) is 4.65. The van der Waals surface area contributed by atoms with Crippen molar-refractivity contribution in [1.29, 1.82) is 0 Å². The van der Waals surface area contributed by atoms with E-state index in [2.05, 4.69) is 10.6 Å². The van der Waals surface area contributed by atoms with Crippen LogP contribution in [0.5, 0.6) is 0 Å². The number of carbonyl (C=O) groups is 3. The molecule has 38 heavy (non-hydrogen) atoms. The molecule has 0 aliphatic heterocycles. The number of hydrogen-bond donors (Lipinski definition) is 2. The van der Waals surface area contributed by atoms with E-state index < -0.39 is 17.3 Å². The minimum absolute atomic E-state index is 0.0321. The Balaban J connectivity index is 1.98. The van der Waals surface area contributed by atoms with Gasteiger partial charge in [-0.1, -0.05) is 12.1 Å². The van der Waals surface area contributed by atoms with E-state index in [4.69, 9.17) is 0 Å². The van der Waals surface area contributed by atoms with Crippen molar-refractivity contribution in [3.63, 3.8) is 0 Å². The first-order valence-electron chi connectivity index (χ1n) is 12.2. The maximum Gasteiger partial charge on any atom is 0.259 e. The molecule has 0 atom stereocenters. The van der Waals surface area contributed by atoms with Gasteiger partial charge in [-0.05, 0) is 62.6 Å². The predicted molar refractivity (Wildman–Crippen MR) is 145 cm³/mol. The van der Waals surface area contributed by atoms with Gasteiger partial charge in [-0.2, -0.15) is 0 Å². The number of aromatic nitrogens is 1. The molecular weight excluding hydrogens is 489 g/mol. The van der Waals surface area contributed by atoms with Gasteiger partial charge in [0.25, 0.3) is 11.5 Å². The lowest BCUT2D eigenvalue weighted by molar-refractivity contribution is -0.114. The number of carbonyl (C=O) groups excluding carboxylic acids is 3. The molecule has 2 aromatic carbocycles. The summed E-state index contributed by atoms with van der Waals surface area (Å²) in [7, 11) is 3.16. The van der Waals surface area contributed by atoms with Gasteiger partial charge in [0.15, 0.2) is 0 Å². The molecular formula is C28H30FN5O4. The van der Waals surface area contributed by atoms with Gasteiger partial charge in [-0.15, -0.1) is 0 Å². The highest BCUT2D eigenvalue weighted by atomic mass is 19.1. The number of hydrogen-bond acceptors (Lipinski definition) is 5. The molecule has 198 valence electrons. The monoisotopic (exact) mass is 519 g/mol. The van der Waals surface area contributed by atoms with E-state index in [1.807, 2.05) is 0 Å². The molecule has 1 heterocycles. The van der Waals surface area contributed by atoms with Gasteiger partial charge in [-0.25, -0.2) is 4.39 Å². The standard InChI is InChI=1S/C28H30FN5O4/c1-16-9-12-23(22(29)13-16)31-26-24(28(38)32(4)20-10-11-20)25(17(2)27(37)33(26)5)34(15-35)21-8-6-7-19(14-21)30-18(3)36/h6-9,12-15,20,31H,10-11H2,1-5H3,(H,30,36). The summed E-state index contributed by atoms with van der Waals surface area (Å²) >= 11 is 0. The Morgan fingerprint density at radius 2 is 1.84 bits per heavy atom. The molecule has 0 saturated heterocycles. The molecule has 2 N–H and O–H groups in total. The number of pyridine rings is 1. The molecule has 3 amide bonds. The van der Waals surface area contributed by atoms with Crippen molar-refractivity contribution < 1.29 is 18.8 Å². The molecule has 4 rings (SSSR count). The minimum Gasteiger partial charge on any atom is -0.339 e. The van der Waals surface area contributed by atoms with Crippen molar-refractivity contribution in [2.75, 3.05) is 22.6 Å². The fraction of sp³-hybridized carbons (Fsp3) is 0.286. The smallest absolute Gasteiger partial charge is 0.259 e. The van der Waals surface area contributed by atoms with Crippen molar-refractivity contribution in [1.82, 2.24) is 9.47 Å². The Morgan fingerprint density at radius 1 is 1.13 bits per heavy atom. The van der Waals surface area contributed by atoms with E-state index in [0.717, 1.165) is 12.8 Å². The van der Waals surface area contributed by atoms with Crippen LogP contribution in [0.1, 0.15) is 41.3 Å². The van der Waals surface area contributed by atoms with Crippen LogP contribution in [0.4, 0.5) is 33.0 Å². The second-order valence-corrected chi connectivity index (χ2v) is 9.52. The Hall–Kier alpha value is -4.47. The van der Waals surface area contributed by atoms with Crippen LogP contribution in [-0.2, 0) is 16.6 Å². The summed E-state index contributed by atoms with van der Waals surface area (Å²) in [6.07, 6.45) is 2.19. The molecule has 0 radical (unpaired) electrons. The Labute approximate surface area is 219 Å². The van der Waals surface area contributed by atoms with Crippen molar-refractivity contribution in [2.24, 2.45) is 7.05 Å². The molecule has 1 aliphatic carbocycles. The number of anilines is 5. The topological polar surface area (TPSA) is 104 Å². The number of benzene rings is 2. The van der Waals surface area contributed by atoms with Crippen LogP contribution in [0.3, 0.4) is 0 Å². The van der Waals surface area contributed by atoms with E-state index >= 15 is 0 Å². The third kappa shape index (κ3) is 5.15. The molecule has 1 aromatic heterocycles. The normalized spacial score (nSPS) is 12.6. The summed E-state index contributed by atoms with van der Waals surface area (Å²) in [5.41, 5.74) is 1.38. The van der Waals surface area contributed by atoms with Gasteiger partial charge in [0.1, 0.15) is 17.2 Å². The first-order valence-corrected chi connectivity index (χ1v) is 12.2. The number of rotatable bonds is 8. The van der Waals surface area contributed by atoms with Crippen molar-refractivity contribution >= 4 is 46.8 Å². The summed E-state index contributed by atoms with van der Waals surface area (Å²) in [4.78, 5) is 54.3. The Kier molecular flexibility index (Phi) is 7.34. The molecule has 0 spiro atoms. The van der Waals surface area contributed by atoms with Crippen molar-refractivity contribution in [2.45, 2.75) is 39.7 Å². The lowest BCUT2D eigenvalue weighted by Crippen LogP contribution is -2.35. The molecule has 1 saturated carbocycles. The second-order valence-electron chi connectivity index (χ2n) is 9.52.